The number of carbonyl (C=O) groups is 1. The fourth-order valence-electron chi connectivity index (χ4n) is 3.46. The number of nitrogens with one attached hydrogen (secondary N) is 1. The Kier molecular flexibility index (Phi) is 6.49. The van der Waals surface area contributed by atoms with Gasteiger partial charge in [0.15, 0.2) is 0 Å². The number of hydrogen-bond donors (Lipinski definition) is 1. The van der Waals surface area contributed by atoms with E-state index in [9.17, 15) is 14.4 Å². The van der Waals surface area contributed by atoms with Crippen LogP contribution in [0.3, 0.4) is 0 Å². The minimum atomic E-state index is -0.746. The number of benzene rings is 2. The zero-order valence-electron chi connectivity index (χ0n) is 19.3. The Morgan fingerprint density at radius 3 is 2.38 bits per heavy atom. The van der Waals surface area contributed by atoms with E-state index in [0.717, 1.165) is 31.5 Å². The first kappa shape index (κ1) is 22.8. The fourth-order valence-corrected chi connectivity index (χ4v) is 3.46. The largest absolute Gasteiger partial charge is 0.352 e. The molecule has 0 aliphatic carbocycles. The molecule has 0 bridgehead atoms. The van der Waals surface area contributed by atoms with E-state index >= 15 is 0 Å². The first-order valence-electron chi connectivity index (χ1n) is 10.9. The quantitative estimate of drug-likeness (QED) is 0.482. The van der Waals surface area contributed by atoms with Gasteiger partial charge in [0, 0.05) is 6.20 Å². The van der Waals surface area contributed by atoms with Crippen LogP contribution in [0.15, 0.2) is 76.4 Å². The van der Waals surface area contributed by atoms with E-state index in [1.165, 1.54) is 0 Å². The lowest BCUT2D eigenvalue weighted by molar-refractivity contribution is 0.0940. The number of pyridine rings is 1. The first-order chi connectivity index (χ1) is 16.3. The summed E-state index contributed by atoms with van der Waals surface area (Å²) < 4.78 is 2.15. The van der Waals surface area contributed by atoms with Crippen molar-refractivity contribution in [3.05, 3.63) is 121 Å². The highest BCUT2D eigenvalue weighted by Gasteiger charge is 2.20. The van der Waals surface area contributed by atoms with E-state index in [2.05, 4.69) is 15.4 Å². The maximum atomic E-state index is 13.3. The van der Waals surface area contributed by atoms with E-state index < -0.39 is 17.2 Å². The molecule has 0 saturated carbocycles. The lowest BCUT2D eigenvalue weighted by Crippen LogP contribution is -2.46. The molecule has 2 heterocycles. The third kappa shape index (κ3) is 4.85. The predicted molar refractivity (Wildman–Crippen MR) is 129 cm³/mol. The SMILES string of the molecule is Cc1ccc(Cn2c(=O)c(C(=O)NCc3ccccn3)nn(-c3ccc(C)c(C)c3)c2=O)cc1. The van der Waals surface area contributed by atoms with E-state index in [-0.39, 0.29) is 18.8 Å². The summed E-state index contributed by atoms with van der Waals surface area (Å²) in [5.41, 5.74) is 3.24. The van der Waals surface area contributed by atoms with Gasteiger partial charge in [-0.3, -0.25) is 19.1 Å². The highest BCUT2D eigenvalue weighted by molar-refractivity contribution is 5.91. The van der Waals surface area contributed by atoms with Gasteiger partial charge in [-0.05, 0) is 61.7 Å². The van der Waals surface area contributed by atoms with Gasteiger partial charge >= 0.3 is 5.69 Å². The average Bonchev–Trinajstić information content (AvgIpc) is 2.84. The second-order valence-electron chi connectivity index (χ2n) is 8.19. The molecular weight excluding hydrogens is 430 g/mol. The molecule has 0 aliphatic rings. The van der Waals surface area contributed by atoms with Crippen LogP contribution in [0.25, 0.3) is 5.69 Å². The molecule has 0 saturated heterocycles. The zero-order chi connectivity index (χ0) is 24.2. The van der Waals surface area contributed by atoms with Crippen LogP contribution in [-0.2, 0) is 13.1 Å². The second-order valence-corrected chi connectivity index (χ2v) is 8.19. The lowest BCUT2D eigenvalue weighted by atomic mass is 10.1. The Morgan fingerprint density at radius 2 is 1.71 bits per heavy atom. The highest BCUT2D eigenvalue weighted by Crippen LogP contribution is 2.12. The number of carbonyl (C=O) groups excluding carboxylic acids is 1. The first-order valence-corrected chi connectivity index (χ1v) is 10.9. The molecule has 8 heteroatoms. The van der Waals surface area contributed by atoms with E-state index in [1.54, 1.807) is 36.5 Å². The van der Waals surface area contributed by atoms with Crippen LogP contribution < -0.4 is 16.6 Å². The van der Waals surface area contributed by atoms with Gasteiger partial charge in [0.1, 0.15) is 0 Å². The zero-order valence-corrected chi connectivity index (χ0v) is 19.3. The molecule has 1 amide bonds. The van der Waals surface area contributed by atoms with Gasteiger partial charge in [-0.2, -0.15) is 9.78 Å². The van der Waals surface area contributed by atoms with Crippen molar-refractivity contribution < 1.29 is 4.79 Å². The summed E-state index contributed by atoms with van der Waals surface area (Å²) >= 11 is 0. The molecule has 2 aromatic carbocycles. The number of aryl methyl sites for hydroxylation is 3. The van der Waals surface area contributed by atoms with Crippen LogP contribution in [0.4, 0.5) is 0 Å². The summed E-state index contributed by atoms with van der Waals surface area (Å²) in [5.74, 6) is -0.675. The number of amides is 1. The number of aromatic nitrogens is 4. The molecule has 0 spiro atoms. The Hall–Kier alpha value is -4.33. The number of nitrogens with zero attached hydrogens (tertiary/aromatic N) is 4. The molecule has 1 N–H and O–H groups in total. The minimum absolute atomic E-state index is 0.0197. The van der Waals surface area contributed by atoms with Crippen molar-refractivity contribution in [2.24, 2.45) is 0 Å². The van der Waals surface area contributed by atoms with Crippen molar-refractivity contribution in [1.29, 1.82) is 0 Å². The van der Waals surface area contributed by atoms with E-state index in [4.69, 9.17) is 0 Å². The summed E-state index contributed by atoms with van der Waals surface area (Å²) in [7, 11) is 0. The Labute approximate surface area is 196 Å². The van der Waals surface area contributed by atoms with Crippen LogP contribution in [0, 0.1) is 20.8 Å². The second kappa shape index (κ2) is 9.66. The number of hydrogen-bond acceptors (Lipinski definition) is 5. The van der Waals surface area contributed by atoms with E-state index in [1.807, 2.05) is 51.1 Å². The summed E-state index contributed by atoms with van der Waals surface area (Å²) in [5, 5.41) is 6.86. The maximum absolute atomic E-state index is 13.3. The standard InChI is InChI=1S/C26H25N5O3/c1-17-7-10-20(11-8-17)16-30-25(33)23(24(32)28-15-21-6-4-5-13-27-21)29-31(26(30)34)22-12-9-18(2)19(3)14-22/h4-14H,15-16H2,1-3H3,(H,28,32). The topological polar surface area (TPSA) is 98.9 Å². The molecule has 4 aromatic rings. The van der Waals surface area contributed by atoms with Crippen molar-refractivity contribution in [3.63, 3.8) is 0 Å². The fraction of sp³-hybridized carbons (Fsp3) is 0.192. The van der Waals surface area contributed by atoms with Crippen molar-refractivity contribution in [3.8, 4) is 5.69 Å². The van der Waals surface area contributed by atoms with Gasteiger partial charge in [-0.1, -0.05) is 42.0 Å². The molecule has 0 fully saturated rings. The summed E-state index contributed by atoms with van der Waals surface area (Å²) in [6, 6.07) is 18.3. The van der Waals surface area contributed by atoms with Gasteiger partial charge in [0.05, 0.1) is 24.5 Å². The van der Waals surface area contributed by atoms with Crippen LogP contribution in [-0.4, -0.2) is 25.2 Å². The van der Waals surface area contributed by atoms with Crippen LogP contribution >= 0.6 is 0 Å². The molecular formula is C26H25N5O3. The molecule has 0 aliphatic heterocycles. The van der Waals surface area contributed by atoms with Crippen LogP contribution in [0.2, 0.25) is 0 Å². The summed E-state index contributed by atoms with van der Waals surface area (Å²) in [6.07, 6.45) is 1.62. The van der Waals surface area contributed by atoms with E-state index in [0.29, 0.717) is 11.4 Å². The molecule has 4 rings (SSSR count). The van der Waals surface area contributed by atoms with Gasteiger partial charge < -0.3 is 5.32 Å². The molecule has 2 aromatic heterocycles. The minimum Gasteiger partial charge on any atom is -0.345 e. The third-order valence-electron chi connectivity index (χ3n) is 5.63. The van der Waals surface area contributed by atoms with Gasteiger partial charge in [0.2, 0.25) is 5.69 Å². The van der Waals surface area contributed by atoms with Crippen molar-refractivity contribution in [2.45, 2.75) is 33.9 Å². The van der Waals surface area contributed by atoms with Crippen LogP contribution in [0.5, 0.6) is 0 Å². The monoisotopic (exact) mass is 455 g/mol. The van der Waals surface area contributed by atoms with Crippen molar-refractivity contribution in [2.75, 3.05) is 0 Å². The normalized spacial score (nSPS) is 10.8. The highest BCUT2D eigenvalue weighted by atomic mass is 16.2. The van der Waals surface area contributed by atoms with Gasteiger partial charge in [-0.25, -0.2) is 4.79 Å². The van der Waals surface area contributed by atoms with Crippen molar-refractivity contribution >= 4 is 5.91 Å². The summed E-state index contributed by atoms with van der Waals surface area (Å²) in [6.45, 7) is 5.99. The molecule has 34 heavy (non-hydrogen) atoms. The van der Waals surface area contributed by atoms with Crippen molar-refractivity contribution in [1.82, 2.24) is 24.6 Å². The maximum Gasteiger partial charge on any atom is 0.352 e. The smallest absolute Gasteiger partial charge is 0.345 e. The predicted octanol–water partition coefficient (Wildman–Crippen LogP) is 2.69. The molecule has 0 unspecified atom stereocenters. The Morgan fingerprint density at radius 1 is 0.941 bits per heavy atom. The lowest BCUT2D eigenvalue weighted by Gasteiger charge is -2.13. The van der Waals surface area contributed by atoms with Gasteiger partial charge in [-0.15, -0.1) is 0 Å². The Bertz CT molecular complexity index is 1460. The number of rotatable bonds is 6. The molecule has 172 valence electrons. The molecule has 0 atom stereocenters. The average molecular weight is 456 g/mol. The molecule has 8 nitrogen and oxygen atoms in total. The van der Waals surface area contributed by atoms with Crippen LogP contribution in [0.1, 0.15) is 38.4 Å². The summed E-state index contributed by atoms with van der Waals surface area (Å²) in [4.78, 5) is 43.7. The van der Waals surface area contributed by atoms with Gasteiger partial charge in [0.25, 0.3) is 11.5 Å². The Balaban J connectivity index is 1.80. The third-order valence-corrected chi connectivity index (χ3v) is 5.63. The molecule has 0 radical (unpaired) electrons.